The molecule has 1 aliphatic rings. The standard InChI is InChI=1S/C17H22FNO/c1-2-10-19-15-9-4-3-7-13(15)16-11-12-6-5-8-14(18)17(12)20-16/h5-6,8,11,13,15,19H,2-4,7,9-10H2,1H3. The maximum Gasteiger partial charge on any atom is 0.169 e. The van der Waals surface area contributed by atoms with Gasteiger partial charge in [0.05, 0.1) is 0 Å². The van der Waals surface area contributed by atoms with Gasteiger partial charge in [0.15, 0.2) is 11.4 Å². The molecule has 2 atom stereocenters. The van der Waals surface area contributed by atoms with Gasteiger partial charge in [0.2, 0.25) is 0 Å². The third kappa shape index (κ3) is 2.59. The van der Waals surface area contributed by atoms with Crippen LogP contribution in [0, 0.1) is 5.82 Å². The van der Waals surface area contributed by atoms with Crippen LogP contribution >= 0.6 is 0 Å². The summed E-state index contributed by atoms with van der Waals surface area (Å²) < 4.78 is 19.6. The lowest BCUT2D eigenvalue weighted by molar-refractivity contribution is 0.296. The molecular weight excluding hydrogens is 253 g/mol. The Hall–Kier alpha value is -1.35. The Morgan fingerprint density at radius 3 is 2.95 bits per heavy atom. The van der Waals surface area contributed by atoms with Crippen LogP contribution in [0.3, 0.4) is 0 Å². The predicted molar refractivity (Wildman–Crippen MR) is 79.5 cm³/mol. The minimum Gasteiger partial charge on any atom is -0.458 e. The molecule has 1 aliphatic carbocycles. The van der Waals surface area contributed by atoms with E-state index in [1.165, 1.54) is 25.3 Å². The highest BCUT2D eigenvalue weighted by Crippen LogP contribution is 2.36. The minimum atomic E-state index is -0.261. The molecule has 0 saturated heterocycles. The second-order valence-electron chi connectivity index (χ2n) is 5.76. The van der Waals surface area contributed by atoms with Crippen LogP contribution in [-0.4, -0.2) is 12.6 Å². The Bertz CT molecular complexity index is 577. The van der Waals surface area contributed by atoms with Crippen LogP contribution in [-0.2, 0) is 0 Å². The normalized spacial score (nSPS) is 23.3. The number of benzene rings is 1. The summed E-state index contributed by atoms with van der Waals surface area (Å²) in [5.41, 5.74) is 0.405. The third-order valence-electron chi connectivity index (χ3n) is 4.30. The van der Waals surface area contributed by atoms with Gasteiger partial charge in [-0.15, -0.1) is 0 Å². The van der Waals surface area contributed by atoms with Crippen molar-refractivity contribution in [2.45, 2.75) is 51.0 Å². The fraction of sp³-hybridized carbons (Fsp3) is 0.529. The van der Waals surface area contributed by atoms with E-state index in [-0.39, 0.29) is 5.82 Å². The lowest BCUT2D eigenvalue weighted by Crippen LogP contribution is -2.37. The van der Waals surface area contributed by atoms with Crippen molar-refractivity contribution >= 4 is 11.0 Å². The molecule has 20 heavy (non-hydrogen) atoms. The van der Waals surface area contributed by atoms with Gasteiger partial charge in [0.1, 0.15) is 5.76 Å². The topological polar surface area (TPSA) is 25.2 Å². The van der Waals surface area contributed by atoms with Crippen LogP contribution in [0.5, 0.6) is 0 Å². The molecule has 1 aromatic carbocycles. The van der Waals surface area contributed by atoms with E-state index in [9.17, 15) is 4.39 Å². The van der Waals surface area contributed by atoms with E-state index >= 15 is 0 Å². The van der Waals surface area contributed by atoms with Gasteiger partial charge in [-0.05, 0) is 37.9 Å². The molecule has 0 amide bonds. The number of para-hydroxylation sites is 1. The summed E-state index contributed by atoms with van der Waals surface area (Å²) in [6, 6.07) is 7.61. The van der Waals surface area contributed by atoms with Crippen molar-refractivity contribution in [3.63, 3.8) is 0 Å². The highest BCUT2D eigenvalue weighted by molar-refractivity contribution is 5.78. The van der Waals surface area contributed by atoms with E-state index < -0.39 is 0 Å². The summed E-state index contributed by atoms with van der Waals surface area (Å²) >= 11 is 0. The van der Waals surface area contributed by atoms with Gasteiger partial charge in [-0.25, -0.2) is 4.39 Å². The maximum atomic E-state index is 13.8. The van der Waals surface area contributed by atoms with E-state index in [0.29, 0.717) is 17.5 Å². The van der Waals surface area contributed by atoms with Crippen LogP contribution in [0.4, 0.5) is 4.39 Å². The van der Waals surface area contributed by atoms with Crippen LogP contribution in [0.2, 0.25) is 0 Å². The lowest BCUT2D eigenvalue weighted by atomic mass is 9.83. The Morgan fingerprint density at radius 1 is 1.30 bits per heavy atom. The number of rotatable bonds is 4. The van der Waals surface area contributed by atoms with Crippen LogP contribution in [0.15, 0.2) is 28.7 Å². The molecule has 0 bridgehead atoms. The summed E-state index contributed by atoms with van der Waals surface area (Å²) in [7, 11) is 0. The van der Waals surface area contributed by atoms with Crippen molar-refractivity contribution in [2.24, 2.45) is 0 Å². The fourth-order valence-corrected chi connectivity index (χ4v) is 3.28. The number of halogens is 1. The third-order valence-corrected chi connectivity index (χ3v) is 4.30. The van der Waals surface area contributed by atoms with Crippen molar-refractivity contribution in [3.05, 3.63) is 35.8 Å². The highest BCUT2D eigenvalue weighted by Gasteiger charge is 2.28. The van der Waals surface area contributed by atoms with Gasteiger partial charge in [-0.1, -0.05) is 31.9 Å². The molecule has 2 aromatic rings. The Labute approximate surface area is 119 Å². The first-order chi connectivity index (χ1) is 9.79. The van der Waals surface area contributed by atoms with Gasteiger partial charge < -0.3 is 9.73 Å². The molecule has 0 aliphatic heterocycles. The summed E-state index contributed by atoms with van der Waals surface area (Å²) in [5, 5.41) is 4.50. The smallest absolute Gasteiger partial charge is 0.169 e. The van der Waals surface area contributed by atoms with E-state index in [1.807, 2.05) is 12.1 Å². The predicted octanol–water partition coefficient (Wildman–Crippen LogP) is 4.60. The number of fused-ring (bicyclic) bond motifs is 1. The maximum absolute atomic E-state index is 13.8. The van der Waals surface area contributed by atoms with Gasteiger partial charge >= 0.3 is 0 Å². The molecule has 0 radical (unpaired) electrons. The van der Waals surface area contributed by atoms with Crippen LogP contribution in [0.1, 0.15) is 50.7 Å². The molecule has 3 heteroatoms. The molecule has 108 valence electrons. The van der Waals surface area contributed by atoms with Gasteiger partial charge in [-0.3, -0.25) is 0 Å². The first kappa shape index (κ1) is 13.6. The van der Waals surface area contributed by atoms with Crippen molar-refractivity contribution in [3.8, 4) is 0 Å². The summed E-state index contributed by atoms with van der Waals surface area (Å²) in [4.78, 5) is 0. The van der Waals surface area contributed by atoms with Gasteiger partial charge in [0.25, 0.3) is 0 Å². The monoisotopic (exact) mass is 275 g/mol. The molecule has 1 N–H and O–H groups in total. The average molecular weight is 275 g/mol. The summed E-state index contributed by atoms with van der Waals surface area (Å²) in [6.45, 7) is 3.22. The zero-order chi connectivity index (χ0) is 13.9. The fourth-order valence-electron chi connectivity index (χ4n) is 3.28. The van der Waals surface area contributed by atoms with E-state index in [2.05, 4.69) is 12.2 Å². The van der Waals surface area contributed by atoms with Crippen molar-refractivity contribution < 1.29 is 8.81 Å². The van der Waals surface area contributed by atoms with Crippen molar-refractivity contribution in [1.29, 1.82) is 0 Å². The lowest BCUT2D eigenvalue weighted by Gasteiger charge is -2.31. The Balaban J connectivity index is 1.89. The molecule has 1 aromatic heterocycles. The molecule has 3 rings (SSSR count). The molecule has 2 nitrogen and oxygen atoms in total. The van der Waals surface area contributed by atoms with E-state index in [1.54, 1.807) is 6.07 Å². The van der Waals surface area contributed by atoms with Crippen LogP contribution < -0.4 is 5.32 Å². The SMILES string of the molecule is CCCNC1CCCCC1c1cc2cccc(F)c2o1. The Morgan fingerprint density at radius 2 is 2.15 bits per heavy atom. The second-order valence-corrected chi connectivity index (χ2v) is 5.76. The van der Waals surface area contributed by atoms with Gasteiger partial charge in [-0.2, -0.15) is 0 Å². The molecule has 1 saturated carbocycles. The first-order valence-corrected chi connectivity index (χ1v) is 7.71. The van der Waals surface area contributed by atoms with Crippen molar-refractivity contribution in [1.82, 2.24) is 5.32 Å². The average Bonchev–Trinajstić information content (AvgIpc) is 2.91. The molecule has 2 unspecified atom stereocenters. The highest BCUT2D eigenvalue weighted by atomic mass is 19.1. The van der Waals surface area contributed by atoms with E-state index in [0.717, 1.165) is 30.5 Å². The Kier molecular flexibility index (Phi) is 4.06. The molecule has 1 fully saturated rings. The number of hydrogen-bond acceptors (Lipinski definition) is 2. The number of nitrogens with one attached hydrogen (secondary N) is 1. The quantitative estimate of drug-likeness (QED) is 0.882. The zero-order valence-corrected chi connectivity index (χ0v) is 12.0. The number of furan rings is 1. The molecule has 0 spiro atoms. The molecule has 1 heterocycles. The number of hydrogen-bond donors (Lipinski definition) is 1. The zero-order valence-electron chi connectivity index (χ0n) is 12.0. The van der Waals surface area contributed by atoms with Gasteiger partial charge in [0, 0.05) is 17.3 Å². The largest absolute Gasteiger partial charge is 0.458 e. The second kappa shape index (κ2) is 5.96. The summed E-state index contributed by atoms with van der Waals surface area (Å²) in [6.07, 6.45) is 5.95. The van der Waals surface area contributed by atoms with E-state index in [4.69, 9.17) is 4.42 Å². The molecular formula is C17H22FNO. The minimum absolute atomic E-state index is 0.261. The summed E-state index contributed by atoms with van der Waals surface area (Å²) in [5.74, 6) is 1.06. The van der Waals surface area contributed by atoms with Crippen molar-refractivity contribution in [2.75, 3.05) is 6.54 Å². The van der Waals surface area contributed by atoms with Crippen LogP contribution in [0.25, 0.3) is 11.0 Å². The first-order valence-electron chi connectivity index (χ1n) is 7.71.